The van der Waals surface area contributed by atoms with Crippen LogP contribution in [0.2, 0.25) is 0 Å². The van der Waals surface area contributed by atoms with Gasteiger partial charge in [-0.05, 0) is 24.3 Å². The monoisotopic (exact) mass is 323 g/mol. The van der Waals surface area contributed by atoms with E-state index in [1.54, 1.807) is 18.6 Å². The summed E-state index contributed by atoms with van der Waals surface area (Å²) in [4.78, 5) is 9.47. The first-order chi connectivity index (χ1) is 8.74. The van der Waals surface area contributed by atoms with Gasteiger partial charge in [0.1, 0.15) is 5.82 Å². The van der Waals surface area contributed by atoms with Crippen molar-refractivity contribution in [3.05, 3.63) is 47.3 Å². The van der Waals surface area contributed by atoms with Gasteiger partial charge in [-0.1, -0.05) is 22.9 Å². The van der Waals surface area contributed by atoms with Crippen LogP contribution in [0.5, 0.6) is 0 Å². The van der Waals surface area contributed by atoms with Gasteiger partial charge in [0.05, 0.1) is 6.20 Å². The smallest absolute Gasteiger partial charge is 0.144 e. The number of nitrogens with zero attached hydrogens (tertiary/aromatic N) is 2. The summed E-state index contributed by atoms with van der Waals surface area (Å²) in [6.45, 7) is 3.05. The predicted molar refractivity (Wildman–Crippen MR) is 80.0 cm³/mol. The van der Waals surface area contributed by atoms with Gasteiger partial charge in [-0.25, -0.2) is 4.98 Å². The molecule has 1 N–H and O–H groups in total. The number of hydrogen-bond donors (Lipinski definition) is 1. The van der Waals surface area contributed by atoms with Gasteiger partial charge in [0.25, 0.3) is 0 Å². The summed E-state index contributed by atoms with van der Waals surface area (Å²) in [6, 6.07) is 8.36. The maximum atomic E-state index is 4.18. The van der Waals surface area contributed by atoms with E-state index >= 15 is 0 Å². The van der Waals surface area contributed by atoms with Crippen LogP contribution in [0.4, 0.5) is 5.82 Å². The highest BCUT2D eigenvalue weighted by molar-refractivity contribution is 9.10. The summed E-state index contributed by atoms with van der Waals surface area (Å²) in [5, 5.41) is 3.74. The van der Waals surface area contributed by atoms with E-state index in [0.717, 1.165) is 16.8 Å². The third-order valence-corrected chi connectivity index (χ3v) is 3.93. The second kappa shape index (κ2) is 6.75. The van der Waals surface area contributed by atoms with Crippen molar-refractivity contribution in [3.8, 4) is 0 Å². The molecular weight excluding hydrogens is 310 g/mol. The van der Waals surface area contributed by atoms with Gasteiger partial charge in [0, 0.05) is 33.6 Å². The molecule has 0 fully saturated rings. The van der Waals surface area contributed by atoms with E-state index in [1.807, 2.05) is 11.8 Å². The average molecular weight is 324 g/mol. The minimum absolute atomic E-state index is 0.466. The average Bonchev–Trinajstić information content (AvgIpc) is 2.40. The first-order valence-electron chi connectivity index (χ1n) is 5.66. The third-order valence-electron chi connectivity index (χ3n) is 2.28. The molecule has 18 heavy (non-hydrogen) atoms. The molecule has 0 spiro atoms. The summed E-state index contributed by atoms with van der Waals surface area (Å²) in [7, 11) is 0. The van der Waals surface area contributed by atoms with Gasteiger partial charge in [-0.15, -0.1) is 11.8 Å². The number of aromatic nitrogens is 2. The first kappa shape index (κ1) is 13.4. The molecule has 0 aliphatic carbocycles. The van der Waals surface area contributed by atoms with E-state index in [-0.39, 0.29) is 0 Å². The van der Waals surface area contributed by atoms with Crippen molar-refractivity contribution in [2.45, 2.75) is 17.1 Å². The van der Waals surface area contributed by atoms with Gasteiger partial charge in [-0.2, -0.15) is 0 Å². The molecule has 0 radical (unpaired) electrons. The SMILES string of the molecule is CC(CNc1cnccn1)Sc1ccc(Br)cc1. The van der Waals surface area contributed by atoms with E-state index < -0.39 is 0 Å². The molecule has 0 aliphatic heterocycles. The zero-order chi connectivity index (χ0) is 12.8. The van der Waals surface area contributed by atoms with Crippen LogP contribution in [-0.2, 0) is 0 Å². The fourth-order valence-corrected chi connectivity index (χ4v) is 2.61. The largest absolute Gasteiger partial charge is 0.368 e. The molecule has 1 unspecified atom stereocenters. The van der Waals surface area contributed by atoms with Crippen molar-refractivity contribution in [1.29, 1.82) is 0 Å². The van der Waals surface area contributed by atoms with Crippen molar-refractivity contribution in [2.75, 3.05) is 11.9 Å². The zero-order valence-electron chi connectivity index (χ0n) is 10.0. The Balaban J connectivity index is 1.82. The second-order valence-electron chi connectivity index (χ2n) is 3.85. The van der Waals surface area contributed by atoms with Crippen LogP contribution in [0.3, 0.4) is 0 Å². The Hall–Kier alpha value is -1.07. The molecule has 1 aromatic carbocycles. The van der Waals surface area contributed by atoms with E-state index in [1.165, 1.54) is 4.90 Å². The van der Waals surface area contributed by atoms with Crippen molar-refractivity contribution in [3.63, 3.8) is 0 Å². The number of thioether (sulfide) groups is 1. The predicted octanol–water partition coefficient (Wildman–Crippen LogP) is 3.83. The molecule has 1 heterocycles. The van der Waals surface area contributed by atoms with Crippen LogP contribution >= 0.6 is 27.7 Å². The van der Waals surface area contributed by atoms with Crippen LogP contribution in [0.1, 0.15) is 6.92 Å². The van der Waals surface area contributed by atoms with Crippen molar-refractivity contribution < 1.29 is 0 Å². The maximum absolute atomic E-state index is 4.18. The highest BCUT2D eigenvalue weighted by Gasteiger charge is 2.04. The summed E-state index contributed by atoms with van der Waals surface area (Å²) in [5.41, 5.74) is 0. The van der Waals surface area contributed by atoms with Crippen LogP contribution in [0.15, 0.2) is 52.2 Å². The van der Waals surface area contributed by atoms with Gasteiger partial charge in [0.15, 0.2) is 0 Å². The lowest BCUT2D eigenvalue weighted by molar-refractivity contribution is 0.982. The molecule has 2 aromatic rings. The molecule has 2 rings (SSSR count). The quantitative estimate of drug-likeness (QED) is 0.848. The number of nitrogens with one attached hydrogen (secondary N) is 1. The molecular formula is C13H14BrN3S. The van der Waals surface area contributed by atoms with Crippen molar-refractivity contribution in [1.82, 2.24) is 9.97 Å². The Morgan fingerprint density at radius 3 is 2.72 bits per heavy atom. The lowest BCUT2D eigenvalue weighted by atomic mass is 10.4. The zero-order valence-corrected chi connectivity index (χ0v) is 12.4. The molecule has 0 aliphatic rings. The van der Waals surface area contributed by atoms with E-state index in [2.05, 4.69) is 62.4 Å². The molecule has 1 aromatic heterocycles. The summed E-state index contributed by atoms with van der Waals surface area (Å²) in [6.07, 6.45) is 5.09. The Labute approximate surface area is 120 Å². The summed E-state index contributed by atoms with van der Waals surface area (Å²) in [5.74, 6) is 0.820. The minimum Gasteiger partial charge on any atom is -0.368 e. The molecule has 3 nitrogen and oxygen atoms in total. The lowest BCUT2D eigenvalue weighted by Crippen LogP contribution is -2.13. The number of halogens is 1. The van der Waals surface area contributed by atoms with Gasteiger partial charge in [-0.3, -0.25) is 4.98 Å². The second-order valence-corrected chi connectivity index (χ2v) is 6.28. The maximum Gasteiger partial charge on any atom is 0.144 e. The first-order valence-corrected chi connectivity index (χ1v) is 7.33. The Morgan fingerprint density at radius 2 is 2.06 bits per heavy atom. The Kier molecular flexibility index (Phi) is 5.01. The van der Waals surface area contributed by atoms with Crippen molar-refractivity contribution >= 4 is 33.5 Å². The molecule has 0 amide bonds. The third kappa shape index (κ3) is 4.31. The Bertz CT molecular complexity index is 475. The number of rotatable bonds is 5. The molecule has 5 heteroatoms. The molecule has 94 valence electrons. The van der Waals surface area contributed by atoms with Crippen LogP contribution in [0, 0.1) is 0 Å². The van der Waals surface area contributed by atoms with E-state index in [4.69, 9.17) is 0 Å². The highest BCUT2D eigenvalue weighted by Crippen LogP contribution is 2.24. The molecule has 0 saturated carbocycles. The topological polar surface area (TPSA) is 37.8 Å². The minimum atomic E-state index is 0.466. The Morgan fingerprint density at radius 1 is 1.28 bits per heavy atom. The van der Waals surface area contributed by atoms with Crippen LogP contribution < -0.4 is 5.32 Å². The summed E-state index contributed by atoms with van der Waals surface area (Å²) >= 11 is 5.28. The van der Waals surface area contributed by atoms with E-state index in [9.17, 15) is 0 Å². The molecule has 0 saturated heterocycles. The number of hydrogen-bond acceptors (Lipinski definition) is 4. The van der Waals surface area contributed by atoms with E-state index in [0.29, 0.717) is 5.25 Å². The molecule has 1 atom stereocenters. The standard InChI is InChI=1S/C13H14BrN3S/c1-10(8-17-13-9-15-6-7-16-13)18-12-4-2-11(14)3-5-12/h2-7,9-10H,8H2,1H3,(H,16,17). The van der Waals surface area contributed by atoms with Gasteiger partial charge < -0.3 is 5.32 Å². The number of anilines is 1. The van der Waals surface area contributed by atoms with Crippen LogP contribution in [0.25, 0.3) is 0 Å². The van der Waals surface area contributed by atoms with Crippen LogP contribution in [-0.4, -0.2) is 21.8 Å². The fraction of sp³-hybridized carbons (Fsp3) is 0.231. The van der Waals surface area contributed by atoms with Gasteiger partial charge in [0.2, 0.25) is 0 Å². The number of benzene rings is 1. The lowest BCUT2D eigenvalue weighted by Gasteiger charge is -2.12. The molecule has 0 bridgehead atoms. The summed E-state index contributed by atoms with van der Waals surface area (Å²) < 4.78 is 1.11. The fourth-order valence-electron chi connectivity index (χ4n) is 1.43. The highest BCUT2D eigenvalue weighted by atomic mass is 79.9. The normalized spacial score (nSPS) is 12.1. The van der Waals surface area contributed by atoms with Gasteiger partial charge >= 0.3 is 0 Å². The van der Waals surface area contributed by atoms with Crippen molar-refractivity contribution in [2.24, 2.45) is 0 Å².